The minimum Gasteiger partial charge on any atom is -0.467 e. The first-order valence-electron chi connectivity index (χ1n) is 6.25. The van der Waals surface area contributed by atoms with Gasteiger partial charge in [0.1, 0.15) is 5.76 Å². The standard InChI is InChI=1S/C13H10Cl2N4O2S/c14-8-4-10(15)12-17-18-13(19(12)6-8)22-7-11(20)16-5-9-2-1-3-21-9/h1-4,6H,5,7H2,(H,16,20). The van der Waals surface area contributed by atoms with Crippen LogP contribution >= 0.6 is 35.0 Å². The van der Waals surface area contributed by atoms with Crippen molar-refractivity contribution in [2.24, 2.45) is 0 Å². The van der Waals surface area contributed by atoms with Crippen molar-refractivity contribution >= 4 is 46.5 Å². The summed E-state index contributed by atoms with van der Waals surface area (Å²) in [5.41, 5.74) is 0.504. The molecular formula is C13H10Cl2N4O2S. The van der Waals surface area contributed by atoms with Crippen LogP contribution < -0.4 is 5.32 Å². The Hall–Kier alpha value is -1.70. The van der Waals surface area contributed by atoms with E-state index in [2.05, 4.69) is 15.5 Å². The van der Waals surface area contributed by atoms with E-state index in [1.807, 2.05) is 0 Å². The number of pyridine rings is 1. The van der Waals surface area contributed by atoms with E-state index in [-0.39, 0.29) is 11.7 Å². The molecule has 22 heavy (non-hydrogen) atoms. The Balaban J connectivity index is 1.63. The maximum atomic E-state index is 11.8. The summed E-state index contributed by atoms with van der Waals surface area (Å²) >= 11 is 13.2. The molecule has 0 aliphatic rings. The highest BCUT2D eigenvalue weighted by atomic mass is 35.5. The topological polar surface area (TPSA) is 72.4 Å². The second-order valence-electron chi connectivity index (χ2n) is 4.33. The molecule has 0 saturated heterocycles. The number of halogens is 2. The Labute approximate surface area is 139 Å². The van der Waals surface area contributed by atoms with E-state index in [9.17, 15) is 4.79 Å². The Bertz CT molecular complexity index is 804. The molecule has 0 aliphatic heterocycles. The third-order valence-corrected chi connectivity index (χ3v) is 4.20. The van der Waals surface area contributed by atoms with Crippen LogP contribution in [0.4, 0.5) is 0 Å². The van der Waals surface area contributed by atoms with Crippen LogP contribution in [-0.4, -0.2) is 26.3 Å². The first kappa shape index (κ1) is 15.2. The van der Waals surface area contributed by atoms with Crippen LogP contribution in [-0.2, 0) is 11.3 Å². The van der Waals surface area contributed by atoms with Gasteiger partial charge in [-0.25, -0.2) is 0 Å². The fourth-order valence-corrected chi connectivity index (χ4v) is 3.03. The van der Waals surface area contributed by atoms with Gasteiger partial charge in [-0.2, -0.15) is 0 Å². The molecule has 0 aromatic carbocycles. The lowest BCUT2D eigenvalue weighted by molar-refractivity contribution is -0.118. The van der Waals surface area contributed by atoms with Crippen molar-refractivity contribution in [1.82, 2.24) is 19.9 Å². The average molecular weight is 357 g/mol. The van der Waals surface area contributed by atoms with Gasteiger partial charge in [-0.05, 0) is 18.2 Å². The number of amides is 1. The number of nitrogens with one attached hydrogen (secondary N) is 1. The SMILES string of the molecule is O=C(CSc1nnc2c(Cl)cc(Cl)cn12)NCc1ccco1. The monoisotopic (exact) mass is 356 g/mol. The molecule has 1 N–H and O–H groups in total. The minimum absolute atomic E-state index is 0.133. The third kappa shape index (κ3) is 3.37. The van der Waals surface area contributed by atoms with Crippen LogP contribution in [0.5, 0.6) is 0 Å². The largest absolute Gasteiger partial charge is 0.467 e. The molecular weight excluding hydrogens is 347 g/mol. The van der Waals surface area contributed by atoms with E-state index in [0.717, 1.165) is 0 Å². The molecule has 3 heterocycles. The van der Waals surface area contributed by atoms with Gasteiger partial charge in [0.05, 0.1) is 28.6 Å². The summed E-state index contributed by atoms with van der Waals surface area (Å²) in [6.07, 6.45) is 3.22. The summed E-state index contributed by atoms with van der Waals surface area (Å²) in [6.45, 7) is 0.352. The summed E-state index contributed by atoms with van der Waals surface area (Å²) in [5, 5.41) is 12.2. The molecule has 1 amide bonds. The molecule has 0 spiro atoms. The van der Waals surface area contributed by atoms with Gasteiger partial charge in [0.15, 0.2) is 10.8 Å². The highest BCUT2D eigenvalue weighted by molar-refractivity contribution is 7.99. The van der Waals surface area contributed by atoms with E-state index in [4.69, 9.17) is 27.6 Å². The normalized spacial score (nSPS) is 11.0. The third-order valence-electron chi connectivity index (χ3n) is 2.77. The minimum atomic E-state index is -0.133. The lowest BCUT2D eigenvalue weighted by Gasteiger charge is -2.03. The fourth-order valence-electron chi connectivity index (χ4n) is 1.78. The zero-order valence-corrected chi connectivity index (χ0v) is 13.5. The van der Waals surface area contributed by atoms with Crippen LogP contribution in [0.1, 0.15) is 5.76 Å². The van der Waals surface area contributed by atoms with Gasteiger partial charge >= 0.3 is 0 Å². The molecule has 0 bridgehead atoms. The maximum absolute atomic E-state index is 11.8. The van der Waals surface area contributed by atoms with Gasteiger partial charge in [-0.15, -0.1) is 10.2 Å². The van der Waals surface area contributed by atoms with Crippen molar-refractivity contribution < 1.29 is 9.21 Å². The fraction of sp³-hybridized carbons (Fsp3) is 0.154. The molecule has 0 radical (unpaired) electrons. The van der Waals surface area contributed by atoms with Crippen LogP contribution in [0.2, 0.25) is 10.0 Å². The highest BCUT2D eigenvalue weighted by Crippen LogP contribution is 2.25. The molecule has 0 aliphatic carbocycles. The molecule has 0 saturated carbocycles. The number of carbonyl (C=O) groups excluding carboxylic acids is 1. The predicted octanol–water partition coefficient (Wildman–Crippen LogP) is 3.04. The number of nitrogens with zero attached hydrogens (tertiary/aromatic N) is 3. The predicted molar refractivity (Wildman–Crippen MR) is 84.3 cm³/mol. The molecule has 9 heteroatoms. The Morgan fingerprint density at radius 3 is 3.05 bits per heavy atom. The van der Waals surface area contributed by atoms with E-state index >= 15 is 0 Å². The van der Waals surface area contributed by atoms with E-state index < -0.39 is 0 Å². The van der Waals surface area contributed by atoms with Crippen LogP contribution in [0.25, 0.3) is 5.65 Å². The van der Waals surface area contributed by atoms with E-state index in [1.54, 1.807) is 35.1 Å². The number of hydrogen-bond acceptors (Lipinski definition) is 5. The molecule has 0 fully saturated rings. The maximum Gasteiger partial charge on any atom is 0.230 e. The zero-order valence-electron chi connectivity index (χ0n) is 11.1. The second-order valence-corrected chi connectivity index (χ2v) is 6.11. The van der Waals surface area contributed by atoms with Crippen molar-refractivity contribution in [3.63, 3.8) is 0 Å². The van der Waals surface area contributed by atoms with Crippen molar-refractivity contribution in [2.75, 3.05) is 5.75 Å². The summed E-state index contributed by atoms with van der Waals surface area (Å²) in [7, 11) is 0. The summed E-state index contributed by atoms with van der Waals surface area (Å²) < 4.78 is 6.80. The lowest BCUT2D eigenvalue weighted by atomic mass is 10.4. The van der Waals surface area contributed by atoms with Crippen molar-refractivity contribution in [1.29, 1.82) is 0 Å². The quantitative estimate of drug-likeness (QED) is 0.711. The molecule has 0 atom stereocenters. The Morgan fingerprint density at radius 2 is 2.27 bits per heavy atom. The van der Waals surface area contributed by atoms with Crippen molar-refractivity contribution in [3.05, 3.63) is 46.5 Å². The van der Waals surface area contributed by atoms with Gasteiger partial charge in [0.2, 0.25) is 5.91 Å². The van der Waals surface area contributed by atoms with E-state index in [1.165, 1.54) is 11.8 Å². The zero-order chi connectivity index (χ0) is 15.5. The van der Waals surface area contributed by atoms with Crippen LogP contribution in [0, 0.1) is 0 Å². The average Bonchev–Trinajstić information content (AvgIpc) is 3.12. The first-order valence-corrected chi connectivity index (χ1v) is 7.99. The summed E-state index contributed by atoms with van der Waals surface area (Å²) in [6, 6.07) is 5.16. The second kappa shape index (κ2) is 6.60. The Kier molecular flexibility index (Phi) is 4.56. The molecule has 3 aromatic heterocycles. The molecule has 6 nitrogen and oxygen atoms in total. The number of rotatable bonds is 5. The van der Waals surface area contributed by atoms with Crippen LogP contribution in [0.3, 0.4) is 0 Å². The van der Waals surface area contributed by atoms with Gasteiger partial charge in [-0.1, -0.05) is 35.0 Å². The lowest BCUT2D eigenvalue weighted by Crippen LogP contribution is -2.24. The van der Waals surface area contributed by atoms with Gasteiger partial charge in [0.25, 0.3) is 0 Å². The molecule has 3 aromatic rings. The van der Waals surface area contributed by atoms with Gasteiger partial charge < -0.3 is 9.73 Å². The number of hydrogen-bond donors (Lipinski definition) is 1. The van der Waals surface area contributed by atoms with Crippen molar-refractivity contribution in [3.8, 4) is 0 Å². The molecule has 114 valence electrons. The first-order chi connectivity index (χ1) is 10.6. The molecule has 3 rings (SSSR count). The number of furan rings is 1. The van der Waals surface area contributed by atoms with E-state index in [0.29, 0.717) is 33.2 Å². The number of carbonyl (C=O) groups is 1. The van der Waals surface area contributed by atoms with Gasteiger partial charge in [0, 0.05) is 6.20 Å². The smallest absolute Gasteiger partial charge is 0.230 e. The molecule has 0 unspecified atom stereocenters. The van der Waals surface area contributed by atoms with Crippen LogP contribution in [0.15, 0.2) is 40.2 Å². The van der Waals surface area contributed by atoms with Gasteiger partial charge in [-0.3, -0.25) is 9.20 Å². The summed E-state index contributed by atoms with van der Waals surface area (Å²) in [5.74, 6) is 0.766. The number of aromatic nitrogens is 3. The number of thioether (sulfide) groups is 1. The number of fused-ring (bicyclic) bond motifs is 1. The Morgan fingerprint density at radius 1 is 1.41 bits per heavy atom. The summed E-state index contributed by atoms with van der Waals surface area (Å²) in [4.78, 5) is 11.8. The van der Waals surface area contributed by atoms with Crippen molar-refractivity contribution in [2.45, 2.75) is 11.7 Å². The highest BCUT2D eigenvalue weighted by Gasteiger charge is 2.12.